The molecule has 0 bridgehead atoms. The lowest BCUT2D eigenvalue weighted by Gasteiger charge is -2.22. The molecule has 0 heterocycles. The van der Waals surface area contributed by atoms with Crippen LogP contribution in [-0.4, -0.2) is 33.9 Å². The van der Waals surface area contributed by atoms with Crippen LogP contribution >= 0.6 is 0 Å². The summed E-state index contributed by atoms with van der Waals surface area (Å²) >= 11 is 0. The maximum atomic E-state index is 11.7. The van der Waals surface area contributed by atoms with Gasteiger partial charge in [-0.3, -0.25) is 0 Å². The van der Waals surface area contributed by atoms with E-state index in [1.807, 2.05) is 0 Å². The summed E-state index contributed by atoms with van der Waals surface area (Å²) in [6.45, 7) is 8.65. The van der Waals surface area contributed by atoms with Crippen LogP contribution in [0.25, 0.3) is 6.08 Å². The zero-order valence-electron chi connectivity index (χ0n) is 12.9. The highest BCUT2D eigenvalue weighted by molar-refractivity contribution is 5.80. The average Bonchev–Trinajstić information content (AvgIpc) is 2.37. The Balaban J connectivity index is 2.83. The summed E-state index contributed by atoms with van der Waals surface area (Å²) in [7, 11) is 0. The van der Waals surface area contributed by atoms with Crippen molar-refractivity contribution in [1.82, 2.24) is 5.32 Å². The number of aromatic hydroxyl groups is 1. The molecule has 1 unspecified atom stereocenters. The lowest BCUT2D eigenvalue weighted by atomic mass is 10.0. The number of hydrogen-bond acceptors (Lipinski definition) is 4. The van der Waals surface area contributed by atoms with Crippen LogP contribution in [0.4, 0.5) is 4.79 Å². The molecule has 0 aliphatic heterocycles. The number of carboxylic acid groups (broad SMARTS) is 1. The van der Waals surface area contributed by atoms with E-state index in [2.05, 4.69) is 11.9 Å². The minimum absolute atomic E-state index is 0.0609. The van der Waals surface area contributed by atoms with E-state index in [1.165, 1.54) is 12.1 Å². The van der Waals surface area contributed by atoms with Crippen molar-refractivity contribution in [3.05, 3.63) is 35.9 Å². The second kappa shape index (κ2) is 6.98. The standard InChI is InChI=1S/C16H21NO5/c1-5-11-8-10(6-7-13(11)18)9-12(14(19)20)17-15(21)22-16(2,3)4/h5-8,12,18H,1,9H2,2-4H3,(H,17,21)(H,19,20). The highest BCUT2D eigenvalue weighted by atomic mass is 16.6. The van der Waals surface area contributed by atoms with Gasteiger partial charge in [-0.05, 0) is 38.5 Å². The maximum absolute atomic E-state index is 11.7. The SMILES string of the molecule is C=Cc1cc(CC(NC(=O)OC(C)(C)C)C(=O)O)ccc1O. The number of carbonyl (C=O) groups is 2. The molecule has 0 aliphatic carbocycles. The molecule has 1 aromatic carbocycles. The molecule has 0 saturated heterocycles. The molecule has 3 N–H and O–H groups in total. The minimum Gasteiger partial charge on any atom is -0.507 e. The molecule has 6 heteroatoms. The van der Waals surface area contributed by atoms with Crippen LogP contribution in [0.5, 0.6) is 5.75 Å². The number of benzene rings is 1. The van der Waals surface area contributed by atoms with Crippen LogP contribution < -0.4 is 5.32 Å². The molecule has 1 rings (SSSR count). The number of phenols is 1. The summed E-state index contributed by atoms with van der Waals surface area (Å²) < 4.78 is 5.05. The Hall–Kier alpha value is -2.50. The second-order valence-corrected chi connectivity index (χ2v) is 5.84. The minimum atomic E-state index is -1.17. The van der Waals surface area contributed by atoms with Crippen molar-refractivity contribution in [2.75, 3.05) is 0 Å². The first-order valence-corrected chi connectivity index (χ1v) is 6.79. The molecular weight excluding hydrogens is 286 g/mol. The molecule has 1 atom stereocenters. The van der Waals surface area contributed by atoms with Gasteiger partial charge in [0, 0.05) is 12.0 Å². The summed E-state index contributed by atoms with van der Waals surface area (Å²) in [4.78, 5) is 23.0. The largest absolute Gasteiger partial charge is 0.507 e. The Morgan fingerprint density at radius 1 is 1.41 bits per heavy atom. The van der Waals surface area contributed by atoms with E-state index in [4.69, 9.17) is 4.74 Å². The van der Waals surface area contributed by atoms with Crippen molar-refractivity contribution in [3.8, 4) is 5.75 Å². The van der Waals surface area contributed by atoms with Gasteiger partial charge in [0.05, 0.1) is 0 Å². The van der Waals surface area contributed by atoms with Gasteiger partial charge >= 0.3 is 12.1 Å². The molecular formula is C16H21NO5. The highest BCUT2D eigenvalue weighted by Gasteiger charge is 2.24. The quantitative estimate of drug-likeness (QED) is 0.777. The van der Waals surface area contributed by atoms with Gasteiger partial charge < -0.3 is 20.3 Å². The average molecular weight is 307 g/mol. The third-order valence-electron chi connectivity index (χ3n) is 2.74. The smallest absolute Gasteiger partial charge is 0.408 e. The fourth-order valence-electron chi connectivity index (χ4n) is 1.78. The van der Waals surface area contributed by atoms with Crippen LogP contribution in [0.15, 0.2) is 24.8 Å². The number of amides is 1. The topological polar surface area (TPSA) is 95.9 Å². The van der Waals surface area contributed by atoms with E-state index >= 15 is 0 Å². The Labute approximate surface area is 129 Å². The van der Waals surface area contributed by atoms with Gasteiger partial charge in [0.15, 0.2) is 0 Å². The number of aliphatic carboxylic acids is 1. The van der Waals surface area contributed by atoms with Gasteiger partial charge in [-0.15, -0.1) is 0 Å². The predicted molar refractivity (Wildman–Crippen MR) is 82.7 cm³/mol. The number of phenolic OH excluding ortho intramolecular Hbond substituents is 1. The third-order valence-corrected chi connectivity index (χ3v) is 2.74. The van der Waals surface area contributed by atoms with Gasteiger partial charge in [-0.25, -0.2) is 9.59 Å². The summed E-state index contributed by atoms with van der Waals surface area (Å²) in [5.41, 5.74) is 0.442. The monoisotopic (exact) mass is 307 g/mol. The van der Waals surface area contributed by atoms with Gasteiger partial charge in [-0.1, -0.05) is 18.7 Å². The summed E-state index contributed by atoms with van der Waals surface area (Å²) in [6, 6.07) is 3.54. The van der Waals surface area contributed by atoms with E-state index in [9.17, 15) is 19.8 Å². The van der Waals surface area contributed by atoms with Crippen molar-refractivity contribution in [1.29, 1.82) is 0 Å². The number of carboxylic acids is 1. The molecule has 0 aromatic heterocycles. The summed E-state index contributed by atoms with van der Waals surface area (Å²) in [5, 5.41) is 21.1. The molecule has 1 amide bonds. The van der Waals surface area contributed by atoms with Gasteiger partial charge in [0.1, 0.15) is 17.4 Å². The Morgan fingerprint density at radius 2 is 2.05 bits per heavy atom. The number of carbonyl (C=O) groups excluding carboxylic acids is 1. The fourth-order valence-corrected chi connectivity index (χ4v) is 1.78. The van der Waals surface area contributed by atoms with Crippen LogP contribution in [0, 0.1) is 0 Å². The molecule has 120 valence electrons. The van der Waals surface area contributed by atoms with Crippen molar-refractivity contribution in [3.63, 3.8) is 0 Å². The highest BCUT2D eigenvalue weighted by Crippen LogP contribution is 2.20. The molecule has 1 aromatic rings. The Bertz CT molecular complexity index is 574. The first-order chi connectivity index (χ1) is 10.1. The number of ether oxygens (including phenoxy) is 1. The lowest BCUT2D eigenvalue weighted by molar-refractivity contribution is -0.139. The van der Waals surface area contributed by atoms with Crippen molar-refractivity contribution in [2.45, 2.75) is 38.8 Å². The summed E-state index contributed by atoms with van der Waals surface area (Å²) in [6.07, 6.45) is 0.744. The van der Waals surface area contributed by atoms with E-state index in [1.54, 1.807) is 32.9 Å². The first-order valence-electron chi connectivity index (χ1n) is 6.79. The first kappa shape index (κ1) is 17.6. The van der Waals surface area contributed by atoms with Crippen LogP contribution in [0.2, 0.25) is 0 Å². The second-order valence-electron chi connectivity index (χ2n) is 5.84. The van der Waals surface area contributed by atoms with Gasteiger partial charge in [0.25, 0.3) is 0 Å². The molecule has 0 fully saturated rings. The molecule has 0 spiro atoms. The van der Waals surface area contributed by atoms with E-state index in [-0.39, 0.29) is 12.2 Å². The van der Waals surface area contributed by atoms with E-state index in [0.717, 1.165) is 0 Å². The van der Waals surface area contributed by atoms with E-state index in [0.29, 0.717) is 11.1 Å². The normalized spacial score (nSPS) is 12.3. The number of hydrogen-bond donors (Lipinski definition) is 3. The lowest BCUT2D eigenvalue weighted by Crippen LogP contribution is -2.44. The van der Waals surface area contributed by atoms with E-state index < -0.39 is 23.7 Å². The van der Waals surface area contributed by atoms with Crippen molar-refractivity contribution >= 4 is 18.1 Å². The van der Waals surface area contributed by atoms with Gasteiger partial charge in [-0.2, -0.15) is 0 Å². The zero-order chi connectivity index (χ0) is 16.9. The maximum Gasteiger partial charge on any atom is 0.408 e. The molecule has 22 heavy (non-hydrogen) atoms. The summed E-state index contributed by atoms with van der Waals surface area (Å²) in [5.74, 6) is -1.11. The van der Waals surface area contributed by atoms with Crippen LogP contribution in [-0.2, 0) is 16.0 Å². The van der Waals surface area contributed by atoms with Gasteiger partial charge in [0.2, 0.25) is 0 Å². The number of nitrogens with one attached hydrogen (secondary N) is 1. The molecule has 0 radical (unpaired) electrons. The third kappa shape index (κ3) is 5.47. The van der Waals surface area contributed by atoms with Crippen molar-refractivity contribution in [2.24, 2.45) is 0 Å². The Morgan fingerprint density at radius 3 is 2.55 bits per heavy atom. The number of rotatable bonds is 5. The molecule has 0 aliphatic rings. The van der Waals surface area contributed by atoms with Crippen LogP contribution in [0.1, 0.15) is 31.9 Å². The molecule has 6 nitrogen and oxygen atoms in total. The van der Waals surface area contributed by atoms with Crippen molar-refractivity contribution < 1.29 is 24.5 Å². The Kier molecular flexibility index (Phi) is 5.56. The fraction of sp³-hybridized carbons (Fsp3) is 0.375. The zero-order valence-corrected chi connectivity index (χ0v) is 12.9. The predicted octanol–water partition coefficient (Wildman–Crippen LogP) is 2.56. The number of alkyl carbamates (subject to hydrolysis) is 1. The molecule has 0 saturated carbocycles. The van der Waals surface area contributed by atoms with Crippen LogP contribution in [0.3, 0.4) is 0 Å².